The molecule has 6 nitrogen and oxygen atoms in total. The summed E-state index contributed by atoms with van der Waals surface area (Å²) in [5.41, 5.74) is 2.39. The van der Waals surface area contributed by atoms with Gasteiger partial charge < -0.3 is 10.1 Å². The summed E-state index contributed by atoms with van der Waals surface area (Å²) >= 11 is 0. The zero-order valence-electron chi connectivity index (χ0n) is 16.0. The SMILES string of the molecule is Cc1cc(C)c(S(=O)(=O)N(C)CC(=O)NCCCOC(C)C)c(C)c1. The van der Waals surface area contributed by atoms with Crippen LogP contribution in [0.15, 0.2) is 17.0 Å². The highest BCUT2D eigenvalue weighted by atomic mass is 32.2. The normalized spacial score (nSPS) is 12.0. The summed E-state index contributed by atoms with van der Waals surface area (Å²) in [6.45, 7) is 10.2. The molecule has 1 N–H and O–H groups in total. The minimum atomic E-state index is -3.71. The van der Waals surface area contributed by atoms with Crippen molar-refractivity contribution in [3.63, 3.8) is 0 Å². The van der Waals surface area contributed by atoms with Crippen LogP contribution in [-0.4, -0.2) is 51.5 Å². The van der Waals surface area contributed by atoms with E-state index >= 15 is 0 Å². The van der Waals surface area contributed by atoms with E-state index in [1.807, 2.05) is 32.9 Å². The Kier molecular flexibility index (Phi) is 8.05. The second-order valence-corrected chi connectivity index (χ2v) is 8.59. The van der Waals surface area contributed by atoms with Crippen LogP contribution in [-0.2, 0) is 19.6 Å². The third-order valence-electron chi connectivity index (χ3n) is 3.73. The molecule has 1 amide bonds. The lowest BCUT2D eigenvalue weighted by Gasteiger charge is -2.20. The molecule has 25 heavy (non-hydrogen) atoms. The summed E-state index contributed by atoms with van der Waals surface area (Å²) in [7, 11) is -2.28. The highest BCUT2D eigenvalue weighted by Crippen LogP contribution is 2.24. The Morgan fingerprint density at radius 2 is 1.76 bits per heavy atom. The van der Waals surface area contributed by atoms with Gasteiger partial charge in [-0.1, -0.05) is 17.7 Å². The monoisotopic (exact) mass is 370 g/mol. The third-order valence-corrected chi connectivity index (χ3v) is 5.84. The molecule has 0 atom stereocenters. The van der Waals surface area contributed by atoms with Crippen molar-refractivity contribution in [1.82, 2.24) is 9.62 Å². The van der Waals surface area contributed by atoms with Crippen molar-refractivity contribution >= 4 is 15.9 Å². The Morgan fingerprint density at radius 3 is 2.28 bits per heavy atom. The van der Waals surface area contributed by atoms with Crippen molar-refractivity contribution in [3.05, 3.63) is 28.8 Å². The average molecular weight is 371 g/mol. The number of benzene rings is 1. The quantitative estimate of drug-likeness (QED) is 0.676. The summed E-state index contributed by atoms with van der Waals surface area (Å²) in [5.74, 6) is -0.321. The molecule has 0 unspecified atom stereocenters. The zero-order valence-corrected chi connectivity index (χ0v) is 16.9. The van der Waals surface area contributed by atoms with Gasteiger partial charge in [-0.25, -0.2) is 8.42 Å². The molecular weight excluding hydrogens is 340 g/mol. The van der Waals surface area contributed by atoms with Crippen molar-refractivity contribution in [2.45, 2.75) is 52.0 Å². The molecule has 0 fully saturated rings. The van der Waals surface area contributed by atoms with Gasteiger partial charge in [0.1, 0.15) is 0 Å². The van der Waals surface area contributed by atoms with E-state index in [0.717, 1.165) is 9.87 Å². The van der Waals surface area contributed by atoms with Crippen molar-refractivity contribution in [2.24, 2.45) is 0 Å². The summed E-state index contributed by atoms with van der Waals surface area (Å²) in [5, 5.41) is 2.72. The number of rotatable bonds is 9. The van der Waals surface area contributed by atoms with Crippen LogP contribution in [0.2, 0.25) is 0 Å². The van der Waals surface area contributed by atoms with E-state index in [1.165, 1.54) is 7.05 Å². The molecule has 0 aromatic heterocycles. The zero-order chi connectivity index (χ0) is 19.2. The maximum atomic E-state index is 12.8. The molecule has 1 aromatic rings. The van der Waals surface area contributed by atoms with E-state index in [0.29, 0.717) is 30.7 Å². The predicted molar refractivity (Wildman–Crippen MR) is 99.2 cm³/mol. The topological polar surface area (TPSA) is 75.7 Å². The largest absolute Gasteiger partial charge is 0.379 e. The number of sulfonamides is 1. The van der Waals surface area contributed by atoms with E-state index < -0.39 is 10.0 Å². The average Bonchev–Trinajstić information content (AvgIpc) is 2.44. The van der Waals surface area contributed by atoms with Crippen LogP contribution in [0.3, 0.4) is 0 Å². The van der Waals surface area contributed by atoms with Crippen molar-refractivity contribution in [2.75, 3.05) is 26.7 Å². The molecule has 0 spiro atoms. The first-order valence-electron chi connectivity index (χ1n) is 8.48. The van der Waals surface area contributed by atoms with E-state index in [9.17, 15) is 13.2 Å². The molecule has 0 saturated heterocycles. The minimum Gasteiger partial charge on any atom is -0.379 e. The fourth-order valence-corrected chi connectivity index (χ4v) is 4.22. The molecule has 7 heteroatoms. The standard InChI is InChI=1S/C18H30N2O4S/c1-13(2)24-9-7-8-19-17(21)12-20(6)25(22,23)18-15(4)10-14(3)11-16(18)5/h10-11,13H,7-9,12H2,1-6H3,(H,19,21). The number of hydrogen-bond donors (Lipinski definition) is 1. The summed E-state index contributed by atoms with van der Waals surface area (Å²) in [6, 6.07) is 3.67. The number of nitrogens with one attached hydrogen (secondary N) is 1. The summed E-state index contributed by atoms with van der Waals surface area (Å²) < 4.78 is 32.1. The Morgan fingerprint density at radius 1 is 1.20 bits per heavy atom. The first-order valence-corrected chi connectivity index (χ1v) is 9.92. The van der Waals surface area contributed by atoms with Crippen LogP contribution in [0.25, 0.3) is 0 Å². The fourth-order valence-electron chi connectivity index (χ4n) is 2.69. The van der Waals surface area contributed by atoms with Gasteiger partial charge in [-0.05, 0) is 52.2 Å². The van der Waals surface area contributed by atoms with E-state index in [-0.39, 0.29) is 23.5 Å². The molecule has 0 aliphatic rings. The van der Waals surface area contributed by atoms with Gasteiger partial charge in [-0.2, -0.15) is 4.31 Å². The van der Waals surface area contributed by atoms with Crippen LogP contribution in [0.4, 0.5) is 0 Å². The van der Waals surface area contributed by atoms with Gasteiger partial charge in [0.2, 0.25) is 15.9 Å². The third kappa shape index (κ3) is 6.41. The molecule has 0 heterocycles. The minimum absolute atomic E-state index is 0.160. The first-order chi connectivity index (χ1) is 11.6. The van der Waals surface area contributed by atoms with Gasteiger partial charge in [0, 0.05) is 20.2 Å². The number of nitrogens with zero attached hydrogens (tertiary/aromatic N) is 1. The molecule has 1 aromatic carbocycles. The van der Waals surface area contributed by atoms with E-state index in [2.05, 4.69) is 5.32 Å². The number of hydrogen-bond acceptors (Lipinski definition) is 4. The van der Waals surface area contributed by atoms with Gasteiger partial charge >= 0.3 is 0 Å². The van der Waals surface area contributed by atoms with Gasteiger partial charge in [-0.3, -0.25) is 4.79 Å². The second-order valence-electron chi connectivity index (χ2n) is 6.61. The maximum absolute atomic E-state index is 12.8. The van der Waals surface area contributed by atoms with Crippen LogP contribution in [0.1, 0.15) is 37.0 Å². The van der Waals surface area contributed by atoms with Crippen LogP contribution >= 0.6 is 0 Å². The fraction of sp³-hybridized carbons (Fsp3) is 0.611. The van der Waals surface area contributed by atoms with Crippen LogP contribution in [0.5, 0.6) is 0 Å². The molecule has 142 valence electrons. The Labute approximate surface area is 151 Å². The Hall–Kier alpha value is -1.44. The highest BCUT2D eigenvalue weighted by molar-refractivity contribution is 7.89. The molecule has 1 rings (SSSR count). The number of likely N-dealkylation sites (N-methyl/N-ethyl adjacent to an activating group) is 1. The molecule has 0 saturated carbocycles. The lowest BCUT2D eigenvalue weighted by Crippen LogP contribution is -2.39. The number of aryl methyl sites for hydroxylation is 3. The number of carbonyl (C=O) groups is 1. The second kappa shape index (κ2) is 9.31. The first kappa shape index (κ1) is 21.6. The summed E-state index contributed by atoms with van der Waals surface area (Å²) in [6.07, 6.45) is 0.851. The molecule has 0 aliphatic carbocycles. The van der Waals surface area contributed by atoms with Crippen molar-refractivity contribution in [3.8, 4) is 0 Å². The van der Waals surface area contributed by atoms with Gasteiger partial charge in [0.25, 0.3) is 0 Å². The maximum Gasteiger partial charge on any atom is 0.243 e. The van der Waals surface area contributed by atoms with E-state index in [1.54, 1.807) is 13.8 Å². The smallest absolute Gasteiger partial charge is 0.243 e. The van der Waals surface area contributed by atoms with Gasteiger partial charge in [0.15, 0.2) is 0 Å². The molecular formula is C18H30N2O4S. The van der Waals surface area contributed by atoms with Gasteiger partial charge in [-0.15, -0.1) is 0 Å². The Bertz CT molecular complexity index is 676. The van der Waals surface area contributed by atoms with E-state index in [4.69, 9.17) is 4.74 Å². The summed E-state index contributed by atoms with van der Waals surface area (Å²) in [4.78, 5) is 12.3. The van der Waals surface area contributed by atoms with Crippen LogP contribution < -0.4 is 5.32 Å². The molecule has 0 bridgehead atoms. The van der Waals surface area contributed by atoms with Crippen molar-refractivity contribution < 1.29 is 17.9 Å². The predicted octanol–water partition coefficient (Wildman–Crippen LogP) is 2.16. The molecule has 0 aliphatic heterocycles. The Balaban J connectivity index is 2.67. The molecule has 0 radical (unpaired) electrons. The number of carbonyl (C=O) groups excluding carboxylic acids is 1. The lowest BCUT2D eigenvalue weighted by molar-refractivity contribution is -0.121. The number of ether oxygens (including phenoxy) is 1. The lowest BCUT2D eigenvalue weighted by atomic mass is 10.1. The van der Waals surface area contributed by atoms with Crippen molar-refractivity contribution in [1.29, 1.82) is 0 Å². The van der Waals surface area contributed by atoms with Gasteiger partial charge in [0.05, 0.1) is 17.5 Å². The highest BCUT2D eigenvalue weighted by Gasteiger charge is 2.26. The van der Waals surface area contributed by atoms with Crippen LogP contribution in [0, 0.1) is 20.8 Å². The number of amides is 1.